The number of pyridine rings is 1. The lowest BCUT2D eigenvalue weighted by molar-refractivity contribution is 0.0443. The summed E-state index contributed by atoms with van der Waals surface area (Å²) in [5.74, 6) is 0.911. The van der Waals surface area contributed by atoms with Gasteiger partial charge in [0.1, 0.15) is 29.4 Å². The topological polar surface area (TPSA) is 87.9 Å². The molecular weight excluding hydrogens is 518 g/mol. The van der Waals surface area contributed by atoms with Crippen LogP contribution in [0.25, 0.3) is 22.6 Å². The molecule has 7 heteroatoms. The van der Waals surface area contributed by atoms with E-state index in [-0.39, 0.29) is 17.9 Å². The van der Waals surface area contributed by atoms with Crippen molar-refractivity contribution in [1.82, 2.24) is 4.98 Å². The van der Waals surface area contributed by atoms with E-state index in [1.54, 1.807) is 20.1 Å². The molecule has 0 unspecified atom stereocenters. The third kappa shape index (κ3) is 5.75. The summed E-state index contributed by atoms with van der Waals surface area (Å²) in [5, 5.41) is 0.750. The molecule has 2 aromatic heterocycles. The Morgan fingerprint density at radius 3 is 2.44 bits per heavy atom. The summed E-state index contributed by atoms with van der Waals surface area (Å²) in [7, 11) is 2.97. The fourth-order valence-corrected chi connectivity index (χ4v) is 5.41. The van der Waals surface area contributed by atoms with E-state index in [4.69, 9.17) is 23.6 Å². The van der Waals surface area contributed by atoms with Gasteiger partial charge in [0.25, 0.3) is 0 Å². The lowest BCUT2D eigenvalue weighted by Gasteiger charge is -2.36. The van der Waals surface area contributed by atoms with E-state index in [0.717, 1.165) is 45.5 Å². The number of hydrogen-bond acceptors (Lipinski definition) is 7. The fraction of sp³-hybridized carbons (Fsp3) is 0.324. The quantitative estimate of drug-likeness (QED) is 0.229. The molecule has 4 aromatic rings. The van der Waals surface area contributed by atoms with Gasteiger partial charge in [-0.2, -0.15) is 0 Å². The van der Waals surface area contributed by atoms with Crippen LogP contribution in [0, 0.1) is 18.3 Å². The zero-order chi connectivity index (χ0) is 29.3. The maximum absolute atomic E-state index is 13.9. The smallest absolute Gasteiger partial charge is 0.341 e. The summed E-state index contributed by atoms with van der Waals surface area (Å²) < 4.78 is 21.6. The average molecular weight is 554 g/mol. The van der Waals surface area contributed by atoms with Crippen molar-refractivity contribution in [1.29, 1.82) is 0 Å². The molecule has 0 saturated carbocycles. The highest BCUT2D eigenvalue weighted by molar-refractivity contribution is 6.06. The summed E-state index contributed by atoms with van der Waals surface area (Å²) in [6.07, 6.45) is 3.70. The second kappa shape index (κ2) is 11.2. The molecule has 0 saturated heterocycles. The van der Waals surface area contributed by atoms with Crippen molar-refractivity contribution >= 4 is 34.5 Å². The monoisotopic (exact) mass is 553 g/mol. The van der Waals surface area contributed by atoms with E-state index >= 15 is 0 Å². The summed E-state index contributed by atoms with van der Waals surface area (Å²) >= 11 is 0. The minimum absolute atomic E-state index is 0.000506. The van der Waals surface area contributed by atoms with Crippen molar-refractivity contribution in [3.63, 3.8) is 0 Å². The van der Waals surface area contributed by atoms with Crippen molar-refractivity contribution in [3.8, 4) is 5.75 Å². The lowest BCUT2D eigenvalue weighted by Crippen LogP contribution is -2.28. The Labute approximate surface area is 240 Å². The van der Waals surface area contributed by atoms with E-state index in [1.807, 2.05) is 48.5 Å². The van der Waals surface area contributed by atoms with Crippen LogP contribution >= 0.6 is 0 Å². The molecular formula is C34H35NO6. The predicted molar refractivity (Wildman–Crippen MR) is 158 cm³/mol. The Hall–Kier alpha value is -4.39. The number of fused-ring (bicyclic) bond motifs is 2. The first-order valence-corrected chi connectivity index (χ1v) is 13.7. The van der Waals surface area contributed by atoms with E-state index in [9.17, 15) is 9.59 Å². The second-order valence-corrected chi connectivity index (χ2v) is 11.5. The van der Waals surface area contributed by atoms with Gasteiger partial charge >= 0.3 is 11.9 Å². The number of ether oxygens (including phenoxy) is 3. The molecule has 7 nitrogen and oxygen atoms in total. The molecule has 2 heterocycles. The Balaban J connectivity index is 1.59. The fourth-order valence-electron chi connectivity index (χ4n) is 5.41. The zero-order valence-electron chi connectivity index (χ0n) is 24.4. The lowest BCUT2D eigenvalue weighted by atomic mass is 9.69. The van der Waals surface area contributed by atoms with Gasteiger partial charge in [-0.1, -0.05) is 51.1 Å². The van der Waals surface area contributed by atoms with Crippen LogP contribution in [0.2, 0.25) is 0 Å². The van der Waals surface area contributed by atoms with Crippen LogP contribution < -0.4 is 4.74 Å². The molecule has 1 atom stereocenters. The first-order valence-electron chi connectivity index (χ1n) is 13.7. The van der Waals surface area contributed by atoms with Gasteiger partial charge in [0.05, 0.1) is 31.0 Å². The summed E-state index contributed by atoms with van der Waals surface area (Å²) in [6, 6.07) is 17.2. The Kier molecular flexibility index (Phi) is 7.72. The number of para-hydroxylation sites is 1. The molecule has 1 aliphatic rings. The van der Waals surface area contributed by atoms with Crippen LogP contribution in [-0.2, 0) is 22.5 Å². The van der Waals surface area contributed by atoms with E-state index in [2.05, 4.69) is 26.8 Å². The van der Waals surface area contributed by atoms with Gasteiger partial charge < -0.3 is 18.6 Å². The third-order valence-electron chi connectivity index (χ3n) is 7.82. The number of carbonyl (C=O) groups is 2. The van der Waals surface area contributed by atoms with Crippen molar-refractivity contribution in [2.75, 3.05) is 14.2 Å². The van der Waals surface area contributed by atoms with E-state index in [1.165, 1.54) is 7.11 Å². The van der Waals surface area contributed by atoms with Crippen molar-refractivity contribution < 1.29 is 28.2 Å². The number of carbonyl (C=O) groups excluding carboxylic acids is 2. The highest BCUT2D eigenvalue weighted by Crippen LogP contribution is 2.45. The first-order chi connectivity index (χ1) is 19.6. The van der Waals surface area contributed by atoms with Gasteiger partial charge in [0.15, 0.2) is 0 Å². The number of aromatic nitrogens is 1. The molecule has 0 spiro atoms. The Morgan fingerprint density at radius 1 is 1.02 bits per heavy atom. The molecule has 41 heavy (non-hydrogen) atoms. The van der Waals surface area contributed by atoms with Crippen LogP contribution in [0.3, 0.4) is 0 Å². The van der Waals surface area contributed by atoms with Gasteiger partial charge in [0, 0.05) is 5.39 Å². The molecule has 0 radical (unpaired) electrons. The van der Waals surface area contributed by atoms with Gasteiger partial charge in [-0.25, -0.2) is 14.6 Å². The average Bonchev–Trinajstić information content (AvgIpc) is 3.34. The van der Waals surface area contributed by atoms with E-state index in [0.29, 0.717) is 29.1 Å². The molecule has 0 fully saturated rings. The van der Waals surface area contributed by atoms with Crippen molar-refractivity contribution in [2.45, 2.75) is 47.1 Å². The highest BCUT2D eigenvalue weighted by atomic mass is 16.5. The maximum atomic E-state index is 13.9. The minimum Gasteiger partial charge on any atom is -0.497 e. The SMILES string of the molecule is COC(=O)c1cc(COC(=O)c2c3c(nc4ccccc24)/C(=C/c2ccc(OC)cc2)C[C@@H](C(C)(C)C)C3)oc1C. The number of hydrogen-bond donors (Lipinski definition) is 0. The van der Waals surface area contributed by atoms with Gasteiger partial charge in [0.2, 0.25) is 0 Å². The molecule has 0 amide bonds. The maximum Gasteiger partial charge on any atom is 0.341 e. The van der Waals surface area contributed by atoms with Crippen LogP contribution in [0.1, 0.15) is 76.2 Å². The van der Waals surface area contributed by atoms with Gasteiger partial charge in [-0.3, -0.25) is 0 Å². The summed E-state index contributed by atoms with van der Waals surface area (Å²) in [4.78, 5) is 31.0. The molecule has 0 bridgehead atoms. The summed E-state index contributed by atoms with van der Waals surface area (Å²) in [6.45, 7) is 8.27. The van der Waals surface area contributed by atoms with Crippen molar-refractivity contribution in [2.24, 2.45) is 11.3 Å². The standard InChI is InChI=1S/C34H35NO6/c1-20-27(32(36)39-6)18-25(41-20)19-40-33(37)30-26-9-7-8-10-29(26)35-31-22(15-21-11-13-24(38-5)14-12-21)16-23(17-28(30)31)34(2,3)4/h7-15,18,23H,16-17,19H2,1-6H3/b22-15+/t23-/m1/s1. The second-order valence-electron chi connectivity index (χ2n) is 11.5. The molecule has 0 N–H and O–H groups in total. The predicted octanol–water partition coefficient (Wildman–Crippen LogP) is 7.44. The number of aryl methyl sites for hydroxylation is 1. The summed E-state index contributed by atoms with van der Waals surface area (Å²) in [5.41, 5.74) is 5.41. The van der Waals surface area contributed by atoms with Crippen LogP contribution in [0.15, 0.2) is 59.0 Å². The number of benzene rings is 2. The zero-order valence-corrected chi connectivity index (χ0v) is 24.4. The number of rotatable bonds is 6. The number of esters is 2. The van der Waals surface area contributed by atoms with Crippen LogP contribution in [0.4, 0.5) is 0 Å². The Bertz CT molecular complexity index is 1640. The van der Waals surface area contributed by atoms with Crippen molar-refractivity contribution in [3.05, 3.63) is 94.1 Å². The molecule has 2 aromatic carbocycles. The van der Waals surface area contributed by atoms with Crippen LogP contribution in [-0.4, -0.2) is 31.1 Å². The normalized spacial score (nSPS) is 16.0. The van der Waals surface area contributed by atoms with Gasteiger partial charge in [-0.15, -0.1) is 0 Å². The molecule has 212 valence electrons. The first kappa shape index (κ1) is 28.1. The highest BCUT2D eigenvalue weighted by Gasteiger charge is 2.35. The number of methoxy groups -OCH3 is 2. The third-order valence-corrected chi connectivity index (χ3v) is 7.82. The Morgan fingerprint density at radius 2 is 1.76 bits per heavy atom. The molecule has 0 aliphatic heterocycles. The molecule has 5 rings (SSSR count). The van der Waals surface area contributed by atoms with E-state index < -0.39 is 11.9 Å². The van der Waals surface area contributed by atoms with Crippen LogP contribution in [0.5, 0.6) is 5.75 Å². The number of furan rings is 1. The van der Waals surface area contributed by atoms with Gasteiger partial charge in [-0.05, 0) is 78.1 Å². The number of allylic oxidation sites excluding steroid dienone is 1. The minimum atomic E-state index is -0.498. The molecule has 1 aliphatic carbocycles. The number of nitrogens with zero attached hydrogens (tertiary/aromatic N) is 1. The largest absolute Gasteiger partial charge is 0.497 e.